The van der Waals surface area contributed by atoms with Crippen LogP contribution in [0, 0.1) is 13.8 Å². The van der Waals surface area contributed by atoms with E-state index in [1.807, 2.05) is 41.9 Å². The molecule has 0 bridgehead atoms. The zero-order valence-electron chi connectivity index (χ0n) is 12.6. The first-order chi connectivity index (χ1) is 10.2. The van der Waals surface area contributed by atoms with Crippen LogP contribution in [0.25, 0.3) is 16.7 Å². The van der Waals surface area contributed by atoms with Crippen molar-refractivity contribution >= 4 is 10.9 Å². The number of benzene rings is 1. The minimum atomic E-state index is -0.00400. The van der Waals surface area contributed by atoms with Gasteiger partial charge in [-0.15, -0.1) is 0 Å². The van der Waals surface area contributed by atoms with Crippen LogP contribution in [0.4, 0.5) is 0 Å². The van der Waals surface area contributed by atoms with Crippen molar-refractivity contribution in [1.29, 1.82) is 0 Å². The quantitative estimate of drug-likeness (QED) is 0.802. The Morgan fingerprint density at radius 3 is 2.62 bits per heavy atom. The number of fused-ring (bicyclic) bond motifs is 1. The van der Waals surface area contributed by atoms with Gasteiger partial charge in [-0.3, -0.25) is 0 Å². The van der Waals surface area contributed by atoms with Gasteiger partial charge in [-0.05, 0) is 43.5 Å². The standard InChI is InChI=1S/C17H19N3O/c1-4-14-11(2)19-20(12(14)3)17-9-13(10-21)15-7-5-6-8-16(15)18-17/h5-9,21H,4,10H2,1-3H3. The highest BCUT2D eigenvalue weighted by molar-refractivity contribution is 5.83. The number of rotatable bonds is 3. The SMILES string of the molecule is CCc1c(C)nn(-c2cc(CO)c3ccccc3n2)c1C. The predicted molar refractivity (Wildman–Crippen MR) is 83.6 cm³/mol. The van der Waals surface area contributed by atoms with Crippen LogP contribution in [0.1, 0.15) is 29.4 Å². The van der Waals surface area contributed by atoms with E-state index >= 15 is 0 Å². The largest absolute Gasteiger partial charge is 0.392 e. The number of nitrogens with zero attached hydrogens (tertiary/aromatic N) is 3. The van der Waals surface area contributed by atoms with Crippen molar-refractivity contribution in [2.24, 2.45) is 0 Å². The summed E-state index contributed by atoms with van der Waals surface area (Å²) in [5.41, 5.74) is 5.17. The third kappa shape index (κ3) is 2.21. The molecule has 4 nitrogen and oxygen atoms in total. The monoisotopic (exact) mass is 281 g/mol. The fourth-order valence-corrected chi connectivity index (χ4v) is 2.88. The van der Waals surface area contributed by atoms with Crippen LogP contribution in [-0.4, -0.2) is 19.9 Å². The molecule has 4 heteroatoms. The van der Waals surface area contributed by atoms with Crippen molar-refractivity contribution in [2.75, 3.05) is 0 Å². The molecule has 0 aliphatic heterocycles. The molecule has 2 heterocycles. The Bertz CT molecular complexity index is 805. The van der Waals surface area contributed by atoms with Gasteiger partial charge in [0.25, 0.3) is 0 Å². The first-order valence-electron chi connectivity index (χ1n) is 7.20. The van der Waals surface area contributed by atoms with Gasteiger partial charge in [0.1, 0.15) is 0 Å². The summed E-state index contributed by atoms with van der Waals surface area (Å²) >= 11 is 0. The van der Waals surface area contributed by atoms with Gasteiger partial charge in [-0.2, -0.15) is 5.10 Å². The molecule has 0 unspecified atom stereocenters. The van der Waals surface area contributed by atoms with Crippen LogP contribution in [0.5, 0.6) is 0 Å². The summed E-state index contributed by atoms with van der Waals surface area (Å²) < 4.78 is 1.87. The average molecular weight is 281 g/mol. The Labute approximate surface area is 124 Å². The topological polar surface area (TPSA) is 50.9 Å². The first kappa shape index (κ1) is 13.8. The lowest BCUT2D eigenvalue weighted by Gasteiger charge is -2.09. The minimum Gasteiger partial charge on any atom is -0.392 e. The van der Waals surface area contributed by atoms with Crippen LogP contribution in [0.2, 0.25) is 0 Å². The first-order valence-corrected chi connectivity index (χ1v) is 7.20. The molecule has 0 spiro atoms. The fourth-order valence-electron chi connectivity index (χ4n) is 2.88. The molecule has 0 saturated heterocycles. The summed E-state index contributed by atoms with van der Waals surface area (Å²) in [6.45, 7) is 6.22. The Balaban J connectivity index is 2.26. The average Bonchev–Trinajstić information content (AvgIpc) is 2.80. The summed E-state index contributed by atoms with van der Waals surface area (Å²) in [5, 5.41) is 15.2. The third-order valence-corrected chi connectivity index (χ3v) is 3.97. The zero-order valence-corrected chi connectivity index (χ0v) is 12.6. The van der Waals surface area contributed by atoms with Gasteiger partial charge in [0, 0.05) is 11.1 Å². The molecule has 3 aromatic rings. The summed E-state index contributed by atoms with van der Waals surface area (Å²) in [6, 6.07) is 9.78. The van der Waals surface area contributed by atoms with Gasteiger partial charge in [-0.1, -0.05) is 25.1 Å². The number of para-hydroxylation sites is 1. The molecule has 0 aliphatic carbocycles. The maximum atomic E-state index is 9.62. The van der Waals surface area contributed by atoms with Crippen molar-refractivity contribution in [3.8, 4) is 5.82 Å². The van der Waals surface area contributed by atoms with Crippen molar-refractivity contribution in [3.05, 3.63) is 52.8 Å². The molecular weight excluding hydrogens is 262 g/mol. The van der Waals surface area contributed by atoms with Gasteiger partial charge in [-0.25, -0.2) is 9.67 Å². The van der Waals surface area contributed by atoms with Crippen molar-refractivity contribution < 1.29 is 5.11 Å². The zero-order chi connectivity index (χ0) is 15.0. The van der Waals surface area contributed by atoms with E-state index in [9.17, 15) is 5.11 Å². The third-order valence-electron chi connectivity index (χ3n) is 3.97. The van der Waals surface area contributed by atoms with Gasteiger partial charge in [0.15, 0.2) is 5.82 Å². The fraction of sp³-hybridized carbons (Fsp3) is 0.294. The number of aliphatic hydroxyl groups excluding tert-OH is 1. The molecular formula is C17H19N3O. The van der Waals surface area contributed by atoms with E-state index in [0.717, 1.165) is 40.1 Å². The number of aromatic nitrogens is 3. The molecule has 0 radical (unpaired) electrons. The second-order valence-electron chi connectivity index (χ2n) is 5.23. The Kier molecular flexibility index (Phi) is 3.47. The molecule has 2 aromatic heterocycles. The summed E-state index contributed by atoms with van der Waals surface area (Å²) in [6.07, 6.45) is 0.956. The Morgan fingerprint density at radius 1 is 1.19 bits per heavy atom. The Morgan fingerprint density at radius 2 is 1.95 bits per heavy atom. The molecule has 21 heavy (non-hydrogen) atoms. The van der Waals surface area contributed by atoms with Crippen molar-refractivity contribution in [2.45, 2.75) is 33.8 Å². The van der Waals surface area contributed by atoms with Crippen LogP contribution in [-0.2, 0) is 13.0 Å². The van der Waals surface area contributed by atoms with Gasteiger partial charge in [0.2, 0.25) is 0 Å². The highest BCUT2D eigenvalue weighted by Gasteiger charge is 2.13. The van der Waals surface area contributed by atoms with E-state index in [2.05, 4.69) is 18.9 Å². The molecule has 0 amide bonds. The van der Waals surface area contributed by atoms with Gasteiger partial charge in [0.05, 0.1) is 17.8 Å². The van der Waals surface area contributed by atoms with E-state index in [0.29, 0.717) is 0 Å². The van der Waals surface area contributed by atoms with E-state index < -0.39 is 0 Å². The lowest BCUT2D eigenvalue weighted by atomic mass is 10.1. The van der Waals surface area contributed by atoms with Crippen LogP contribution < -0.4 is 0 Å². The van der Waals surface area contributed by atoms with Crippen LogP contribution in [0.3, 0.4) is 0 Å². The van der Waals surface area contributed by atoms with Gasteiger partial charge < -0.3 is 5.11 Å². The predicted octanol–water partition coefficient (Wildman–Crippen LogP) is 3.09. The molecule has 108 valence electrons. The van der Waals surface area contributed by atoms with Crippen LogP contribution in [0.15, 0.2) is 30.3 Å². The van der Waals surface area contributed by atoms with E-state index in [1.54, 1.807) is 0 Å². The molecule has 1 N–H and O–H groups in total. The van der Waals surface area contributed by atoms with Crippen molar-refractivity contribution in [3.63, 3.8) is 0 Å². The lowest BCUT2D eigenvalue weighted by molar-refractivity contribution is 0.283. The maximum absolute atomic E-state index is 9.62. The molecule has 3 rings (SSSR count). The maximum Gasteiger partial charge on any atom is 0.154 e. The smallest absolute Gasteiger partial charge is 0.154 e. The highest BCUT2D eigenvalue weighted by atomic mass is 16.3. The van der Waals surface area contributed by atoms with E-state index in [-0.39, 0.29) is 6.61 Å². The number of aryl methyl sites for hydroxylation is 1. The summed E-state index contributed by atoms with van der Waals surface area (Å²) in [5.74, 6) is 0.762. The van der Waals surface area contributed by atoms with Crippen LogP contribution >= 0.6 is 0 Å². The second-order valence-corrected chi connectivity index (χ2v) is 5.23. The van der Waals surface area contributed by atoms with E-state index in [4.69, 9.17) is 4.98 Å². The minimum absolute atomic E-state index is 0.00400. The number of hydrogen-bond donors (Lipinski definition) is 1. The molecule has 0 fully saturated rings. The molecule has 1 aromatic carbocycles. The Hall–Kier alpha value is -2.20. The summed E-state index contributed by atoms with van der Waals surface area (Å²) in [7, 11) is 0. The second kappa shape index (κ2) is 5.30. The number of pyridine rings is 1. The normalized spacial score (nSPS) is 11.2. The lowest BCUT2D eigenvalue weighted by Crippen LogP contribution is -2.04. The number of hydrogen-bond acceptors (Lipinski definition) is 3. The highest BCUT2D eigenvalue weighted by Crippen LogP contribution is 2.23. The van der Waals surface area contributed by atoms with Gasteiger partial charge >= 0.3 is 0 Å². The molecule has 0 aliphatic rings. The number of aliphatic hydroxyl groups is 1. The van der Waals surface area contributed by atoms with Crippen molar-refractivity contribution in [1.82, 2.24) is 14.8 Å². The summed E-state index contributed by atoms with van der Waals surface area (Å²) in [4.78, 5) is 4.69. The van der Waals surface area contributed by atoms with E-state index in [1.165, 1.54) is 5.56 Å². The molecule has 0 saturated carbocycles. The molecule has 0 atom stereocenters.